The Balaban J connectivity index is 2.07. The van der Waals surface area contributed by atoms with Crippen LogP contribution in [-0.2, 0) is 16.1 Å². The molecular formula is C17H17NO5. The van der Waals surface area contributed by atoms with E-state index in [1.165, 1.54) is 19.2 Å². The number of hydrogen-bond donors (Lipinski definition) is 1. The van der Waals surface area contributed by atoms with Crippen molar-refractivity contribution in [1.82, 2.24) is 0 Å². The van der Waals surface area contributed by atoms with Gasteiger partial charge in [0.2, 0.25) is 0 Å². The summed E-state index contributed by atoms with van der Waals surface area (Å²) in [6, 6.07) is 14.3. The quantitative estimate of drug-likeness (QED) is 0.789. The molecule has 0 aliphatic heterocycles. The number of methoxy groups -OCH3 is 1. The van der Waals surface area contributed by atoms with Crippen molar-refractivity contribution in [2.24, 2.45) is 5.73 Å². The third kappa shape index (κ3) is 4.74. The van der Waals surface area contributed by atoms with Crippen molar-refractivity contribution >= 4 is 11.9 Å². The molecule has 2 aromatic rings. The molecule has 0 radical (unpaired) electrons. The molecule has 23 heavy (non-hydrogen) atoms. The number of amides is 1. The van der Waals surface area contributed by atoms with Crippen LogP contribution in [-0.4, -0.2) is 25.6 Å². The Bertz CT molecular complexity index is 685. The average molecular weight is 315 g/mol. The van der Waals surface area contributed by atoms with Crippen LogP contribution < -0.4 is 15.2 Å². The molecule has 0 atom stereocenters. The van der Waals surface area contributed by atoms with Crippen molar-refractivity contribution in [3.8, 4) is 11.5 Å². The third-order valence-corrected chi connectivity index (χ3v) is 2.98. The maximum Gasteiger partial charge on any atom is 0.338 e. The molecule has 2 N–H and O–H groups in total. The Kier molecular flexibility index (Phi) is 5.57. The van der Waals surface area contributed by atoms with E-state index in [1.807, 2.05) is 30.3 Å². The molecule has 120 valence electrons. The lowest BCUT2D eigenvalue weighted by molar-refractivity contribution is -0.121. The monoisotopic (exact) mass is 315 g/mol. The number of ether oxygens (including phenoxy) is 3. The summed E-state index contributed by atoms with van der Waals surface area (Å²) in [7, 11) is 1.48. The molecular weight excluding hydrogens is 298 g/mol. The van der Waals surface area contributed by atoms with Gasteiger partial charge < -0.3 is 19.9 Å². The first-order valence-corrected chi connectivity index (χ1v) is 6.90. The van der Waals surface area contributed by atoms with Gasteiger partial charge >= 0.3 is 5.97 Å². The fourth-order valence-corrected chi connectivity index (χ4v) is 1.87. The van der Waals surface area contributed by atoms with Crippen LogP contribution in [0, 0.1) is 0 Å². The fourth-order valence-electron chi connectivity index (χ4n) is 1.87. The van der Waals surface area contributed by atoms with Gasteiger partial charge in [-0.1, -0.05) is 30.3 Å². The van der Waals surface area contributed by atoms with Crippen molar-refractivity contribution in [3.63, 3.8) is 0 Å². The van der Waals surface area contributed by atoms with Crippen LogP contribution in [0.15, 0.2) is 48.5 Å². The number of esters is 1. The largest absolute Gasteiger partial charge is 0.493 e. The molecule has 6 heteroatoms. The van der Waals surface area contributed by atoms with Crippen molar-refractivity contribution in [2.45, 2.75) is 6.61 Å². The van der Waals surface area contributed by atoms with Gasteiger partial charge in [-0.25, -0.2) is 4.79 Å². The highest BCUT2D eigenvalue weighted by atomic mass is 16.5. The van der Waals surface area contributed by atoms with Gasteiger partial charge in [0.15, 0.2) is 18.1 Å². The molecule has 0 fully saturated rings. The second-order valence-corrected chi connectivity index (χ2v) is 4.68. The predicted molar refractivity (Wildman–Crippen MR) is 83.2 cm³/mol. The van der Waals surface area contributed by atoms with E-state index in [1.54, 1.807) is 6.07 Å². The molecule has 2 rings (SSSR count). The lowest BCUT2D eigenvalue weighted by atomic mass is 10.2. The van der Waals surface area contributed by atoms with Crippen molar-refractivity contribution in [1.29, 1.82) is 0 Å². The van der Waals surface area contributed by atoms with Gasteiger partial charge in [-0.05, 0) is 23.8 Å². The minimum atomic E-state index is -0.715. The molecule has 0 aliphatic carbocycles. The van der Waals surface area contributed by atoms with Crippen LogP contribution >= 0.6 is 0 Å². The van der Waals surface area contributed by atoms with Gasteiger partial charge in [0.25, 0.3) is 5.91 Å². The molecule has 0 heterocycles. The summed E-state index contributed by atoms with van der Waals surface area (Å²) >= 11 is 0. The first-order valence-electron chi connectivity index (χ1n) is 6.90. The summed E-state index contributed by atoms with van der Waals surface area (Å²) in [5.41, 5.74) is 6.19. The van der Waals surface area contributed by atoms with E-state index in [4.69, 9.17) is 19.9 Å². The van der Waals surface area contributed by atoms with Gasteiger partial charge in [-0.3, -0.25) is 4.79 Å². The lowest BCUT2D eigenvalue weighted by Gasteiger charge is -2.12. The Morgan fingerprint density at radius 2 is 1.78 bits per heavy atom. The summed E-state index contributed by atoms with van der Waals surface area (Å²) in [5.74, 6) is -0.470. The number of rotatable bonds is 7. The molecule has 0 saturated carbocycles. The van der Waals surface area contributed by atoms with E-state index in [0.717, 1.165) is 5.56 Å². The van der Waals surface area contributed by atoms with Gasteiger partial charge in [0.05, 0.1) is 12.7 Å². The minimum Gasteiger partial charge on any atom is -0.493 e. The molecule has 1 amide bonds. The summed E-state index contributed by atoms with van der Waals surface area (Å²) < 4.78 is 15.7. The second kappa shape index (κ2) is 7.84. The number of benzene rings is 2. The highest BCUT2D eigenvalue weighted by Crippen LogP contribution is 2.29. The third-order valence-electron chi connectivity index (χ3n) is 2.98. The molecule has 0 spiro atoms. The molecule has 0 bridgehead atoms. The van der Waals surface area contributed by atoms with E-state index in [2.05, 4.69) is 0 Å². The second-order valence-electron chi connectivity index (χ2n) is 4.68. The van der Waals surface area contributed by atoms with Crippen LogP contribution in [0.1, 0.15) is 15.9 Å². The standard InChI is InChI=1S/C17H17NO5/c1-21-15-9-13(17(20)23-11-16(18)19)7-8-14(15)22-10-12-5-3-2-4-6-12/h2-9H,10-11H2,1H3,(H2,18,19). The predicted octanol–water partition coefficient (Wildman–Crippen LogP) is 1.92. The number of primary amides is 1. The number of hydrogen-bond acceptors (Lipinski definition) is 5. The fraction of sp³-hybridized carbons (Fsp3) is 0.176. The van der Waals surface area contributed by atoms with E-state index in [-0.39, 0.29) is 5.56 Å². The Morgan fingerprint density at radius 3 is 2.43 bits per heavy atom. The van der Waals surface area contributed by atoms with Crippen molar-refractivity contribution in [3.05, 3.63) is 59.7 Å². The average Bonchev–Trinajstić information content (AvgIpc) is 2.58. The van der Waals surface area contributed by atoms with Crippen molar-refractivity contribution < 1.29 is 23.8 Å². The summed E-state index contributed by atoms with van der Waals surface area (Å²) in [4.78, 5) is 22.4. The minimum absolute atomic E-state index is 0.246. The molecule has 2 aromatic carbocycles. The van der Waals surface area contributed by atoms with Gasteiger partial charge in [-0.15, -0.1) is 0 Å². The highest BCUT2D eigenvalue weighted by Gasteiger charge is 2.13. The van der Waals surface area contributed by atoms with Crippen LogP contribution in [0.25, 0.3) is 0 Å². The maximum absolute atomic E-state index is 11.8. The molecule has 6 nitrogen and oxygen atoms in total. The topological polar surface area (TPSA) is 87.9 Å². The zero-order chi connectivity index (χ0) is 16.7. The number of carbonyl (C=O) groups is 2. The molecule has 0 aromatic heterocycles. The zero-order valence-electron chi connectivity index (χ0n) is 12.7. The van der Waals surface area contributed by atoms with Crippen LogP contribution in [0.4, 0.5) is 0 Å². The Morgan fingerprint density at radius 1 is 1.04 bits per heavy atom. The van der Waals surface area contributed by atoms with Crippen molar-refractivity contribution in [2.75, 3.05) is 13.7 Å². The lowest BCUT2D eigenvalue weighted by Crippen LogP contribution is -2.20. The number of nitrogens with two attached hydrogens (primary N) is 1. The summed E-state index contributed by atoms with van der Waals surface area (Å²) in [5, 5.41) is 0. The molecule has 0 aliphatic rings. The van der Waals surface area contributed by atoms with Crippen LogP contribution in [0.3, 0.4) is 0 Å². The smallest absolute Gasteiger partial charge is 0.338 e. The van der Waals surface area contributed by atoms with Gasteiger partial charge in [0, 0.05) is 0 Å². The maximum atomic E-state index is 11.8. The van der Waals surface area contributed by atoms with Crippen LogP contribution in [0.2, 0.25) is 0 Å². The van der Waals surface area contributed by atoms with E-state index >= 15 is 0 Å². The molecule has 0 saturated heterocycles. The highest BCUT2D eigenvalue weighted by molar-refractivity contribution is 5.91. The number of carbonyl (C=O) groups excluding carboxylic acids is 2. The summed E-state index contributed by atoms with van der Waals surface area (Å²) in [6.07, 6.45) is 0. The Hall–Kier alpha value is -3.02. The van der Waals surface area contributed by atoms with Crippen LogP contribution in [0.5, 0.6) is 11.5 Å². The summed E-state index contributed by atoms with van der Waals surface area (Å²) in [6.45, 7) is -0.0872. The first-order chi connectivity index (χ1) is 11.1. The Labute approximate surface area is 133 Å². The first kappa shape index (κ1) is 16.4. The zero-order valence-corrected chi connectivity index (χ0v) is 12.7. The SMILES string of the molecule is COc1cc(C(=O)OCC(N)=O)ccc1OCc1ccccc1. The molecule has 0 unspecified atom stereocenters. The van der Waals surface area contributed by atoms with E-state index < -0.39 is 18.5 Å². The van der Waals surface area contributed by atoms with Gasteiger partial charge in [-0.2, -0.15) is 0 Å². The van der Waals surface area contributed by atoms with E-state index in [0.29, 0.717) is 18.1 Å². The van der Waals surface area contributed by atoms with E-state index in [9.17, 15) is 9.59 Å². The van der Waals surface area contributed by atoms with Gasteiger partial charge in [0.1, 0.15) is 6.61 Å². The normalized spacial score (nSPS) is 9.96.